The predicted octanol–water partition coefficient (Wildman–Crippen LogP) is 5.66. The molecule has 0 saturated carbocycles. The fraction of sp³-hybridized carbons (Fsp3) is 0.478. The number of rotatable bonds is 1. The smallest absolute Gasteiger partial charge is 0.163 e. The summed E-state index contributed by atoms with van der Waals surface area (Å²) in [5, 5.41) is 11.4. The highest BCUT2D eigenvalue weighted by molar-refractivity contribution is 6.30. The van der Waals surface area contributed by atoms with Crippen molar-refractivity contribution < 1.29 is 19.4 Å². The first-order valence-corrected chi connectivity index (χ1v) is 10.0. The number of aliphatic hydroxyl groups excluding tert-OH is 1. The highest BCUT2D eigenvalue weighted by Crippen LogP contribution is 2.53. The molecule has 2 aliphatic carbocycles. The fourth-order valence-electron chi connectivity index (χ4n) is 4.74. The van der Waals surface area contributed by atoms with Crippen LogP contribution in [0.2, 0.25) is 5.02 Å². The molecular formula is C23H25ClO4. The first-order chi connectivity index (χ1) is 13.0. The summed E-state index contributed by atoms with van der Waals surface area (Å²) in [7, 11) is 0. The molecule has 28 heavy (non-hydrogen) atoms. The van der Waals surface area contributed by atoms with Gasteiger partial charge in [-0.25, -0.2) is 0 Å². The molecule has 1 aromatic carbocycles. The van der Waals surface area contributed by atoms with Crippen molar-refractivity contribution in [2.24, 2.45) is 10.8 Å². The predicted molar refractivity (Wildman–Crippen MR) is 108 cm³/mol. The van der Waals surface area contributed by atoms with E-state index < -0.39 is 5.92 Å². The van der Waals surface area contributed by atoms with Crippen molar-refractivity contribution in [2.45, 2.75) is 59.3 Å². The van der Waals surface area contributed by atoms with Crippen molar-refractivity contribution in [1.82, 2.24) is 0 Å². The molecule has 4 rings (SSSR count). The molecule has 5 heteroatoms. The third-order valence-electron chi connectivity index (χ3n) is 5.87. The van der Waals surface area contributed by atoms with Gasteiger partial charge in [0.25, 0.3) is 0 Å². The quantitative estimate of drug-likeness (QED) is 0.660. The molecule has 148 valence electrons. The van der Waals surface area contributed by atoms with Gasteiger partial charge in [0.05, 0.1) is 5.92 Å². The number of benzene rings is 1. The monoisotopic (exact) mass is 400 g/mol. The fourth-order valence-corrected chi connectivity index (χ4v) is 4.91. The summed E-state index contributed by atoms with van der Waals surface area (Å²) in [5.74, 6) is 0.515. The van der Waals surface area contributed by atoms with Crippen LogP contribution in [0.15, 0.2) is 40.9 Å². The lowest BCUT2D eigenvalue weighted by atomic mass is 9.66. The summed E-state index contributed by atoms with van der Waals surface area (Å²) < 4.78 is 6.11. The Kier molecular flexibility index (Phi) is 4.27. The van der Waals surface area contributed by atoms with Crippen LogP contribution in [0.4, 0.5) is 0 Å². The van der Waals surface area contributed by atoms with E-state index in [0.29, 0.717) is 58.9 Å². The highest BCUT2D eigenvalue weighted by atomic mass is 35.5. The topological polar surface area (TPSA) is 63.6 Å². The van der Waals surface area contributed by atoms with Crippen molar-refractivity contribution >= 4 is 23.2 Å². The number of hydrogen-bond acceptors (Lipinski definition) is 4. The molecule has 4 nitrogen and oxygen atoms in total. The molecule has 0 bridgehead atoms. The maximum absolute atomic E-state index is 13.1. The summed E-state index contributed by atoms with van der Waals surface area (Å²) in [4.78, 5) is 26.2. The third-order valence-corrected chi connectivity index (χ3v) is 6.11. The number of halogens is 1. The van der Waals surface area contributed by atoms with Gasteiger partial charge in [-0.15, -0.1) is 0 Å². The Labute approximate surface area is 170 Å². The van der Waals surface area contributed by atoms with Crippen molar-refractivity contribution in [3.8, 4) is 5.75 Å². The molecule has 0 saturated heterocycles. The van der Waals surface area contributed by atoms with Gasteiger partial charge in [0.1, 0.15) is 17.3 Å². The maximum atomic E-state index is 13.1. The Balaban J connectivity index is 1.95. The Morgan fingerprint density at radius 3 is 2.21 bits per heavy atom. The van der Waals surface area contributed by atoms with Gasteiger partial charge < -0.3 is 9.84 Å². The lowest BCUT2D eigenvalue weighted by Crippen LogP contribution is -2.36. The molecular weight excluding hydrogens is 376 g/mol. The van der Waals surface area contributed by atoms with E-state index in [2.05, 4.69) is 0 Å². The van der Waals surface area contributed by atoms with Gasteiger partial charge in [-0.05, 0) is 23.0 Å². The summed E-state index contributed by atoms with van der Waals surface area (Å²) in [6.07, 6.45) is 1.75. The summed E-state index contributed by atoms with van der Waals surface area (Å²) in [6, 6.07) is 5.25. The molecule has 1 N–H and O–H groups in total. The molecule has 1 atom stereocenters. The van der Waals surface area contributed by atoms with Gasteiger partial charge in [0, 0.05) is 47.4 Å². The Hall–Kier alpha value is -2.07. The lowest BCUT2D eigenvalue weighted by molar-refractivity contribution is -0.119. The van der Waals surface area contributed by atoms with E-state index in [1.807, 2.05) is 27.7 Å². The molecule has 0 radical (unpaired) electrons. The van der Waals surface area contributed by atoms with E-state index in [0.717, 1.165) is 0 Å². The number of hydrogen-bond donors (Lipinski definition) is 1. The minimum Gasteiger partial charge on any atom is -0.512 e. The van der Waals surface area contributed by atoms with Gasteiger partial charge in [0.15, 0.2) is 11.6 Å². The zero-order chi connectivity index (χ0) is 20.4. The average molecular weight is 401 g/mol. The molecule has 1 aromatic rings. The second kappa shape index (κ2) is 6.21. The van der Waals surface area contributed by atoms with Crippen molar-refractivity contribution in [3.63, 3.8) is 0 Å². The van der Waals surface area contributed by atoms with E-state index in [9.17, 15) is 14.7 Å². The van der Waals surface area contributed by atoms with Crippen LogP contribution >= 0.6 is 11.6 Å². The Bertz CT molecular complexity index is 965. The third kappa shape index (κ3) is 3.18. The minimum atomic E-state index is -0.594. The van der Waals surface area contributed by atoms with Crippen LogP contribution in [0.5, 0.6) is 5.75 Å². The SMILES string of the molecule is CC1(C)CC(=O)C(C2C3=C(CC(C)(C)CC3=O)Oc3cc(Cl)ccc32)=C(O)C1. The van der Waals surface area contributed by atoms with Crippen LogP contribution in [0.3, 0.4) is 0 Å². The second-order valence-corrected chi connectivity index (χ2v) is 10.2. The van der Waals surface area contributed by atoms with E-state index >= 15 is 0 Å². The average Bonchev–Trinajstić information content (AvgIpc) is 2.50. The molecule has 0 fully saturated rings. The molecule has 0 amide bonds. The number of ether oxygens (including phenoxy) is 1. The number of allylic oxidation sites excluding steroid dienone is 4. The van der Waals surface area contributed by atoms with Crippen LogP contribution in [0.25, 0.3) is 0 Å². The Morgan fingerprint density at radius 1 is 0.964 bits per heavy atom. The molecule has 1 aliphatic heterocycles. The standard InChI is InChI=1S/C23H25ClO4/c1-22(2)8-14(25)20(15(26)9-22)19-13-6-5-12(24)7-17(13)28-18-11-23(3,4)10-16(27)21(18)19/h5-7,19,25H,8-11H2,1-4H3. The Morgan fingerprint density at radius 2 is 1.57 bits per heavy atom. The van der Waals surface area contributed by atoms with Gasteiger partial charge in [-0.2, -0.15) is 0 Å². The highest BCUT2D eigenvalue weighted by Gasteiger charge is 2.46. The van der Waals surface area contributed by atoms with Gasteiger partial charge >= 0.3 is 0 Å². The number of fused-ring (bicyclic) bond motifs is 1. The molecule has 1 unspecified atom stereocenters. The largest absolute Gasteiger partial charge is 0.512 e. The van der Waals surface area contributed by atoms with E-state index in [-0.39, 0.29) is 28.2 Å². The lowest BCUT2D eigenvalue weighted by Gasteiger charge is -2.40. The van der Waals surface area contributed by atoms with Crippen molar-refractivity contribution in [2.75, 3.05) is 0 Å². The summed E-state index contributed by atoms with van der Waals surface area (Å²) in [5.41, 5.74) is 1.06. The summed E-state index contributed by atoms with van der Waals surface area (Å²) in [6.45, 7) is 8.00. The van der Waals surface area contributed by atoms with E-state index in [4.69, 9.17) is 16.3 Å². The van der Waals surface area contributed by atoms with Crippen molar-refractivity contribution in [1.29, 1.82) is 0 Å². The van der Waals surface area contributed by atoms with Crippen molar-refractivity contribution in [3.05, 3.63) is 51.4 Å². The summed E-state index contributed by atoms with van der Waals surface area (Å²) >= 11 is 6.17. The second-order valence-electron chi connectivity index (χ2n) is 9.80. The molecule has 1 heterocycles. The van der Waals surface area contributed by atoms with Crippen LogP contribution in [0.1, 0.15) is 64.9 Å². The van der Waals surface area contributed by atoms with Gasteiger partial charge in [-0.3, -0.25) is 9.59 Å². The number of Topliss-reactive ketones (excluding diaryl/α,β-unsaturated/α-hetero) is 2. The number of carbonyl (C=O) groups is 2. The first-order valence-electron chi connectivity index (χ1n) is 9.66. The number of ketones is 2. The van der Waals surface area contributed by atoms with Crippen LogP contribution in [-0.2, 0) is 9.59 Å². The molecule has 0 spiro atoms. The van der Waals surface area contributed by atoms with Crippen LogP contribution < -0.4 is 4.74 Å². The van der Waals surface area contributed by atoms with Gasteiger partial charge in [-0.1, -0.05) is 45.4 Å². The molecule has 3 aliphatic rings. The number of aliphatic hydroxyl groups is 1. The minimum absolute atomic E-state index is 0.0187. The van der Waals surface area contributed by atoms with Crippen LogP contribution in [-0.4, -0.2) is 16.7 Å². The van der Waals surface area contributed by atoms with Gasteiger partial charge in [0.2, 0.25) is 0 Å². The maximum Gasteiger partial charge on any atom is 0.163 e. The first kappa shape index (κ1) is 19.3. The zero-order valence-electron chi connectivity index (χ0n) is 16.7. The van der Waals surface area contributed by atoms with Crippen LogP contribution in [0, 0.1) is 10.8 Å². The van der Waals surface area contributed by atoms with E-state index in [1.54, 1.807) is 18.2 Å². The molecule has 0 aromatic heterocycles. The van der Waals surface area contributed by atoms with E-state index in [1.165, 1.54) is 0 Å². The number of carbonyl (C=O) groups excluding carboxylic acids is 2. The zero-order valence-corrected chi connectivity index (χ0v) is 17.4. The normalized spacial score (nSPS) is 26.0.